The van der Waals surface area contributed by atoms with Gasteiger partial charge in [0.1, 0.15) is 6.61 Å². The van der Waals surface area contributed by atoms with Crippen molar-refractivity contribution < 1.29 is 38.2 Å². The minimum absolute atomic E-state index is 0.0471. The van der Waals surface area contributed by atoms with Crippen molar-refractivity contribution in [2.24, 2.45) is 0 Å². The number of carbonyl (C=O) groups is 3. The third-order valence-electron chi connectivity index (χ3n) is 8.37. The SMILES string of the molecule is CCCCCCCC/C=C/C/C=C/CCC(=O)OCC(COCCC(C(=O)O)[N+](C)(C)C)OC(=O)CCCCCCCCCCCC. The number of quaternary nitrogens is 1. The van der Waals surface area contributed by atoms with E-state index in [4.69, 9.17) is 14.2 Å². The van der Waals surface area contributed by atoms with Gasteiger partial charge in [-0.1, -0.05) is 128 Å². The zero-order valence-corrected chi connectivity index (χ0v) is 31.0. The monoisotopic (exact) mass is 667 g/mol. The second-order valence-electron chi connectivity index (χ2n) is 13.8. The van der Waals surface area contributed by atoms with Gasteiger partial charge in [0.15, 0.2) is 12.1 Å². The summed E-state index contributed by atoms with van der Waals surface area (Å²) in [6.45, 7) is 4.64. The van der Waals surface area contributed by atoms with Crippen LogP contribution in [0, 0.1) is 0 Å². The number of allylic oxidation sites excluding steroid dienone is 4. The smallest absolute Gasteiger partial charge is 0.362 e. The highest BCUT2D eigenvalue weighted by molar-refractivity contribution is 5.72. The van der Waals surface area contributed by atoms with Gasteiger partial charge >= 0.3 is 17.9 Å². The van der Waals surface area contributed by atoms with Crippen molar-refractivity contribution in [3.63, 3.8) is 0 Å². The van der Waals surface area contributed by atoms with Gasteiger partial charge in [0.2, 0.25) is 0 Å². The van der Waals surface area contributed by atoms with E-state index in [1.807, 2.05) is 27.2 Å². The molecule has 0 aromatic heterocycles. The van der Waals surface area contributed by atoms with Crippen LogP contribution in [0.5, 0.6) is 0 Å². The lowest BCUT2D eigenvalue weighted by Gasteiger charge is -2.31. The summed E-state index contributed by atoms with van der Waals surface area (Å²) in [5.74, 6) is -1.55. The van der Waals surface area contributed by atoms with E-state index >= 15 is 0 Å². The van der Waals surface area contributed by atoms with Gasteiger partial charge in [0, 0.05) is 19.3 Å². The minimum atomic E-state index is -0.882. The lowest BCUT2D eigenvalue weighted by Crippen LogP contribution is -2.50. The molecule has 2 unspecified atom stereocenters. The normalized spacial score (nSPS) is 13.3. The second kappa shape index (κ2) is 31.1. The number of carbonyl (C=O) groups excluding carboxylic acids is 2. The lowest BCUT2D eigenvalue weighted by molar-refractivity contribution is -0.887. The average molecular weight is 667 g/mol. The maximum absolute atomic E-state index is 12.6. The van der Waals surface area contributed by atoms with Crippen molar-refractivity contribution in [3.05, 3.63) is 24.3 Å². The first kappa shape index (κ1) is 44.8. The van der Waals surface area contributed by atoms with Gasteiger partial charge in [-0.3, -0.25) is 9.59 Å². The van der Waals surface area contributed by atoms with Gasteiger partial charge < -0.3 is 23.8 Å². The number of ether oxygens (including phenoxy) is 3. The zero-order chi connectivity index (χ0) is 35.0. The van der Waals surface area contributed by atoms with E-state index in [1.54, 1.807) is 0 Å². The molecule has 0 radical (unpaired) electrons. The fourth-order valence-corrected chi connectivity index (χ4v) is 5.38. The minimum Gasteiger partial charge on any atom is -0.477 e. The van der Waals surface area contributed by atoms with Crippen LogP contribution in [-0.2, 0) is 28.6 Å². The third kappa shape index (κ3) is 29.7. The summed E-state index contributed by atoms with van der Waals surface area (Å²) < 4.78 is 17.1. The molecule has 274 valence electrons. The molecule has 8 heteroatoms. The van der Waals surface area contributed by atoms with E-state index in [1.165, 1.54) is 83.5 Å². The molecule has 0 spiro atoms. The van der Waals surface area contributed by atoms with E-state index < -0.39 is 18.1 Å². The Bertz CT molecular complexity index is 834. The molecule has 0 aliphatic rings. The molecule has 2 atom stereocenters. The summed E-state index contributed by atoms with van der Waals surface area (Å²) in [7, 11) is 5.50. The third-order valence-corrected chi connectivity index (χ3v) is 8.37. The Balaban J connectivity index is 4.50. The fourth-order valence-electron chi connectivity index (χ4n) is 5.38. The van der Waals surface area contributed by atoms with Crippen molar-refractivity contribution in [2.75, 3.05) is 41.0 Å². The van der Waals surface area contributed by atoms with Gasteiger partial charge in [0.05, 0.1) is 34.4 Å². The molecule has 0 aliphatic carbocycles. The van der Waals surface area contributed by atoms with E-state index in [2.05, 4.69) is 32.1 Å². The summed E-state index contributed by atoms with van der Waals surface area (Å²) in [5, 5.41) is 9.56. The van der Waals surface area contributed by atoms with Crippen LogP contribution < -0.4 is 0 Å². The summed E-state index contributed by atoms with van der Waals surface area (Å²) in [6.07, 6.45) is 30.9. The molecule has 0 fully saturated rings. The first-order valence-electron chi connectivity index (χ1n) is 18.9. The molecule has 0 aliphatic heterocycles. The molecule has 0 bridgehead atoms. The van der Waals surface area contributed by atoms with Gasteiger partial charge in [0.25, 0.3) is 0 Å². The van der Waals surface area contributed by atoms with E-state index in [0.717, 1.165) is 32.1 Å². The number of hydrogen-bond donors (Lipinski definition) is 1. The lowest BCUT2D eigenvalue weighted by atomic mass is 10.1. The molecule has 0 heterocycles. The molecular weight excluding hydrogens is 594 g/mol. The van der Waals surface area contributed by atoms with Gasteiger partial charge in [-0.2, -0.15) is 0 Å². The highest BCUT2D eigenvalue weighted by atomic mass is 16.6. The fraction of sp³-hybridized carbons (Fsp3) is 0.821. The van der Waals surface area contributed by atoms with Gasteiger partial charge in [-0.15, -0.1) is 0 Å². The Morgan fingerprint density at radius 3 is 1.72 bits per heavy atom. The predicted molar refractivity (Wildman–Crippen MR) is 192 cm³/mol. The zero-order valence-electron chi connectivity index (χ0n) is 31.0. The molecule has 0 saturated carbocycles. The Labute approximate surface area is 288 Å². The largest absolute Gasteiger partial charge is 0.477 e. The second-order valence-corrected chi connectivity index (χ2v) is 13.8. The van der Waals surface area contributed by atoms with Crippen LogP contribution in [0.3, 0.4) is 0 Å². The standard InChI is InChI=1S/C39H71NO7/c1-6-8-10-12-14-16-18-19-20-22-23-25-27-29-37(41)46-34-35(33-45-32-31-36(39(43)44)40(3,4)5)47-38(42)30-28-26-24-21-17-15-13-11-9-7-2/h19-20,23,25,35-36H,6-18,21-22,24,26-34H2,1-5H3/p+1/b20-19+,25-23+. The van der Waals surface area contributed by atoms with Crippen LogP contribution in [-0.4, -0.2) is 80.6 Å². The van der Waals surface area contributed by atoms with Crippen LogP contribution in [0.1, 0.15) is 155 Å². The first-order valence-corrected chi connectivity index (χ1v) is 18.9. The number of hydrogen-bond acceptors (Lipinski definition) is 6. The van der Waals surface area contributed by atoms with Crippen molar-refractivity contribution in [1.82, 2.24) is 0 Å². The van der Waals surface area contributed by atoms with Crippen LogP contribution in [0.15, 0.2) is 24.3 Å². The Hall–Kier alpha value is -2.19. The Kier molecular flexibility index (Phi) is 29.7. The van der Waals surface area contributed by atoms with E-state index in [0.29, 0.717) is 19.3 Å². The Morgan fingerprint density at radius 2 is 1.17 bits per heavy atom. The molecule has 1 N–H and O–H groups in total. The maximum Gasteiger partial charge on any atom is 0.362 e. The van der Waals surface area contributed by atoms with Crippen molar-refractivity contribution in [1.29, 1.82) is 0 Å². The molecule has 0 aromatic rings. The maximum atomic E-state index is 12.6. The number of likely N-dealkylation sites (N-methyl/N-ethyl adjacent to an activating group) is 1. The number of nitrogens with zero attached hydrogens (tertiary/aromatic N) is 1. The molecule has 47 heavy (non-hydrogen) atoms. The van der Waals surface area contributed by atoms with Crippen molar-refractivity contribution >= 4 is 17.9 Å². The first-order chi connectivity index (χ1) is 22.6. The number of rotatable bonds is 33. The summed E-state index contributed by atoms with van der Waals surface area (Å²) in [6, 6.07) is -0.617. The number of unbranched alkanes of at least 4 members (excludes halogenated alkanes) is 15. The molecule has 0 rings (SSSR count). The van der Waals surface area contributed by atoms with E-state index in [-0.39, 0.29) is 42.7 Å². The summed E-state index contributed by atoms with van der Waals surface area (Å²) in [5.41, 5.74) is 0. The van der Waals surface area contributed by atoms with Crippen LogP contribution in [0.25, 0.3) is 0 Å². The summed E-state index contributed by atoms with van der Waals surface area (Å²) in [4.78, 5) is 36.6. The summed E-state index contributed by atoms with van der Waals surface area (Å²) >= 11 is 0. The average Bonchev–Trinajstić information content (AvgIpc) is 3.01. The number of carboxylic acids is 1. The van der Waals surface area contributed by atoms with Crippen LogP contribution >= 0.6 is 0 Å². The van der Waals surface area contributed by atoms with Crippen molar-refractivity contribution in [3.8, 4) is 0 Å². The highest BCUT2D eigenvalue weighted by Gasteiger charge is 2.31. The number of carboxylic acid groups (broad SMARTS) is 1. The predicted octanol–water partition coefficient (Wildman–Crippen LogP) is 9.35. The number of aliphatic carboxylic acids is 1. The topological polar surface area (TPSA) is 99.1 Å². The van der Waals surface area contributed by atoms with Crippen molar-refractivity contribution in [2.45, 2.75) is 167 Å². The number of esters is 2. The molecule has 0 aromatic carbocycles. The van der Waals surface area contributed by atoms with Gasteiger partial charge in [-0.05, 0) is 32.1 Å². The molecule has 8 nitrogen and oxygen atoms in total. The van der Waals surface area contributed by atoms with Gasteiger partial charge in [-0.25, -0.2) is 4.79 Å². The Morgan fingerprint density at radius 1 is 0.638 bits per heavy atom. The molecular formula is C39H72NO7+. The molecule has 0 amide bonds. The van der Waals surface area contributed by atoms with Crippen LogP contribution in [0.2, 0.25) is 0 Å². The van der Waals surface area contributed by atoms with E-state index in [9.17, 15) is 19.5 Å². The highest BCUT2D eigenvalue weighted by Crippen LogP contribution is 2.13. The van der Waals surface area contributed by atoms with Crippen LogP contribution in [0.4, 0.5) is 0 Å². The quantitative estimate of drug-likeness (QED) is 0.0322. The molecule has 0 saturated heterocycles.